The molecule has 1 rings (SSSR count). The highest BCUT2D eigenvalue weighted by Crippen LogP contribution is 2.12. The van der Waals surface area contributed by atoms with Crippen LogP contribution in [0.4, 0.5) is 0 Å². The molecule has 0 unspecified atom stereocenters. The van der Waals surface area contributed by atoms with Crippen molar-refractivity contribution in [2.45, 2.75) is 26.4 Å². The van der Waals surface area contributed by atoms with Gasteiger partial charge in [-0.15, -0.1) is 0 Å². The molecule has 0 aliphatic heterocycles. The van der Waals surface area contributed by atoms with Gasteiger partial charge in [-0.05, 0) is 23.6 Å². The Labute approximate surface area is 99.8 Å². The fourth-order valence-corrected chi connectivity index (χ4v) is 1.85. The lowest BCUT2D eigenvalue weighted by Gasteiger charge is -2.19. The Morgan fingerprint density at radius 3 is 2.67 bits per heavy atom. The molecule has 0 saturated carbocycles. The third-order valence-corrected chi connectivity index (χ3v) is 2.95. The van der Waals surface area contributed by atoms with Crippen LogP contribution < -0.4 is 5.32 Å². The van der Waals surface area contributed by atoms with Crippen LogP contribution in [0.3, 0.4) is 0 Å². The zero-order valence-electron chi connectivity index (χ0n) is 9.20. The highest BCUT2D eigenvalue weighted by Gasteiger charge is 2.10. The topological polar surface area (TPSA) is 32.3 Å². The molecule has 2 N–H and O–H groups in total. The monoisotopic (exact) mass is 271 g/mol. The number of hydrogen-bond donors (Lipinski definition) is 2. The molecule has 0 aromatic heterocycles. The number of benzene rings is 1. The van der Waals surface area contributed by atoms with Crippen molar-refractivity contribution in [3.05, 3.63) is 34.3 Å². The zero-order valence-corrected chi connectivity index (χ0v) is 10.8. The Balaban J connectivity index is 2.49. The molecule has 1 atom stereocenters. The van der Waals surface area contributed by atoms with Gasteiger partial charge in [0.1, 0.15) is 0 Å². The summed E-state index contributed by atoms with van der Waals surface area (Å²) in [6.45, 7) is 5.19. The maximum Gasteiger partial charge on any atom is 0.0587 e. The van der Waals surface area contributed by atoms with Gasteiger partial charge in [-0.1, -0.05) is 41.9 Å². The van der Waals surface area contributed by atoms with Gasteiger partial charge >= 0.3 is 0 Å². The molecule has 0 radical (unpaired) electrons. The maximum atomic E-state index is 9.16. The standard InChI is InChI=1S/C12H18BrNO/c1-9(2)12(8-15)14-7-10-4-3-5-11(13)6-10/h3-6,9,12,14-15H,7-8H2,1-2H3/t12-/m1/s1. The van der Waals surface area contributed by atoms with Gasteiger partial charge in [0, 0.05) is 17.1 Å². The number of aliphatic hydroxyl groups excluding tert-OH is 1. The quantitative estimate of drug-likeness (QED) is 0.863. The molecule has 0 aliphatic rings. The summed E-state index contributed by atoms with van der Waals surface area (Å²) >= 11 is 3.44. The fraction of sp³-hybridized carbons (Fsp3) is 0.500. The first-order valence-corrected chi connectivity index (χ1v) is 6.01. The van der Waals surface area contributed by atoms with E-state index in [1.165, 1.54) is 5.56 Å². The largest absolute Gasteiger partial charge is 0.395 e. The SMILES string of the molecule is CC(C)[C@@H](CO)NCc1cccc(Br)c1. The number of nitrogens with one attached hydrogen (secondary N) is 1. The molecule has 3 heteroatoms. The van der Waals surface area contributed by atoms with E-state index >= 15 is 0 Å². The van der Waals surface area contributed by atoms with Gasteiger partial charge in [-0.25, -0.2) is 0 Å². The molecule has 0 aliphatic carbocycles. The first kappa shape index (κ1) is 12.7. The second-order valence-corrected chi connectivity index (χ2v) is 4.96. The van der Waals surface area contributed by atoms with Crippen molar-refractivity contribution in [2.75, 3.05) is 6.61 Å². The van der Waals surface area contributed by atoms with Crippen molar-refractivity contribution in [3.8, 4) is 0 Å². The van der Waals surface area contributed by atoms with Crippen molar-refractivity contribution in [2.24, 2.45) is 5.92 Å². The smallest absolute Gasteiger partial charge is 0.0587 e. The predicted molar refractivity (Wildman–Crippen MR) is 66.7 cm³/mol. The van der Waals surface area contributed by atoms with E-state index in [1.807, 2.05) is 12.1 Å². The van der Waals surface area contributed by atoms with Crippen LogP contribution in [-0.4, -0.2) is 17.8 Å². The van der Waals surface area contributed by atoms with Crippen LogP contribution in [0, 0.1) is 5.92 Å². The lowest BCUT2D eigenvalue weighted by molar-refractivity contribution is 0.210. The predicted octanol–water partition coefficient (Wildman–Crippen LogP) is 2.56. The minimum absolute atomic E-state index is 0.170. The first-order valence-electron chi connectivity index (χ1n) is 5.22. The second kappa shape index (κ2) is 6.26. The summed E-state index contributed by atoms with van der Waals surface area (Å²) in [6.07, 6.45) is 0. The normalized spacial score (nSPS) is 13.1. The lowest BCUT2D eigenvalue weighted by atomic mass is 10.1. The first-order chi connectivity index (χ1) is 7.13. The maximum absolute atomic E-state index is 9.16. The molecule has 84 valence electrons. The van der Waals surface area contributed by atoms with Gasteiger partial charge in [-0.2, -0.15) is 0 Å². The van der Waals surface area contributed by atoms with E-state index in [0.717, 1.165) is 11.0 Å². The van der Waals surface area contributed by atoms with Crippen LogP contribution in [0.25, 0.3) is 0 Å². The minimum atomic E-state index is 0.170. The molecular weight excluding hydrogens is 254 g/mol. The molecule has 0 saturated heterocycles. The van der Waals surface area contributed by atoms with Gasteiger partial charge in [0.05, 0.1) is 6.61 Å². The molecule has 0 heterocycles. The van der Waals surface area contributed by atoms with Gasteiger partial charge in [0.2, 0.25) is 0 Å². The van der Waals surface area contributed by atoms with E-state index in [9.17, 15) is 0 Å². The summed E-state index contributed by atoms with van der Waals surface area (Å²) in [4.78, 5) is 0. The summed E-state index contributed by atoms with van der Waals surface area (Å²) in [5.74, 6) is 0.446. The Kier molecular flexibility index (Phi) is 5.29. The molecule has 1 aromatic rings. The molecule has 0 spiro atoms. The van der Waals surface area contributed by atoms with Crippen molar-refractivity contribution >= 4 is 15.9 Å². The average Bonchev–Trinajstić information content (AvgIpc) is 2.18. The van der Waals surface area contributed by atoms with Crippen LogP contribution in [0.5, 0.6) is 0 Å². The molecule has 0 amide bonds. The second-order valence-electron chi connectivity index (χ2n) is 4.04. The summed E-state index contributed by atoms with van der Waals surface area (Å²) in [6, 6.07) is 8.36. The third kappa shape index (κ3) is 4.33. The summed E-state index contributed by atoms with van der Waals surface area (Å²) in [5, 5.41) is 12.5. The highest BCUT2D eigenvalue weighted by atomic mass is 79.9. The Bertz CT molecular complexity index is 301. The molecule has 2 nitrogen and oxygen atoms in total. The number of hydrogen-bond acceptors (Lipinski definition) is 2. The van der Waals surface area contributed by atoms with Crippen LogP contribution in [0.15, 0.2) is 28.7 Å². The van der Waals surface area contributed by atoms with Crippen LogP contribution in [0.2, 0.25) is 0 Å². The third-order valence-electron chi connectivity index (χ3n) is 2.46. The molecule has 1 aromatic carbocycles. The van der Waals surface area contributed by atoms with E-state index in [-0.39, 0.29) is 12.6 Å². The van der Waals surface area contributed by atoms with E-state index < -0.39 is 0 Å². The Morgan fingerprint density at radius 2 is 2.13 bits per heavy atom. The molecule has 0 fully saturated rings. The summed E-state index contributed by atoms with van der Waals surface area (Å²) < 4.78 is 1.09. The van der Waals surface area contributed by atoms with Crippen molar-refractivity contribution in [1.82, 2.24) is 5.32 Å². The Hall–Kier alpha value is -0.380. The van der Waals surface area contributed by atoms with Gasteiger partial charge in [0.25, 0.3) is 0 Å². The lowest BCUT2D eigenvalue weighted by Crippen LogP contribution is -2.36. The molecule has 0 bridgehead atoms. The van der Waals surface area contributed by atoms with E-state index in [2.05, 4.69) is 47.2 Å². The fourth-order valence-electron chi connectivity index (χ4n) is 1.41. The average molecular weight is 272 g/mol. The van der Waals surface area contributed by atoms with E-state index in [1.54, 1.807) is 0 Å². The van der Waals surface area contributed by atoms with Gasteiger partial charge < -0.3 is 10.4 Å². The highest BCUT2D eigenvalue weighted by molar-refractivity contribution is 9.10. The van der Waals surface area contributed by atoms with Crippen molar-refractivity contribution in [3.63, 3.8) is 0 Å². The van der Waals surface area contributed by atoms with Crippen molar-refractivity contribution in [1.29, 1.82) is 0 Å². The minimum Gasteiger partial charge on any atom is -0.395 e. The van der Waals surface area contributed by atoms with Crippen LogP contribution in [-0.2, 0) is 6.54 Å². The van der Waals surface area contributed by atoms with E-state index in [0.29, 0.717) is 5.92 Å². The number of rotatable bonds is 5. The van der Waals surface area contributed by atoms with E-state index in [4.69, 9.17) is 5.11 Å². The molecule has 15 heavy (non-hydrogen) atoms. The van der Waals surface area contributed by atoms with Crippen LogP contribution >= 0.6 is 15.9 Å². The summed E-state index contributed by atoms with van der Waals surface area (Å²) in [7, 11) is 0. The number of halogens is 1. The Morgan fingerprint density at radius 1 is 1.40 bits per heavy atom. The zero-order chi connectivity index (χ0) is 11.3. The summed E-state index contributed by atoms with van der Waals surface area (Å²) in [5.41, 5.74) is 1.23. The van der Waals surface area contributed by atoms with Gasteiger partial charge in [0.15, 0.2) is 0 Å². The van der Waals surface area contributed by atoms with Crippen molar-refractivity contribution < 1.29 is 5.11 Å². The number of aliphatic hydroxyl groups is 1. The van der Waals surface area contributed by atoms with Gasteiger partial charge in [-0.3, -0.25) is 0 Å². The van der Waals surface area contributed by atoms with Crippen LogP contribution in [0.1, 0.15) is 19.4 Å². The molecular formula is C12H18BrNO.